The van der Waals surface area contributed by atoms with Gasteiger partial charge in [0.2, 0.25) is 17.7 Å². The van der Waals surface area contributed by atoms with Crippen molar-refractivity contribution in [1.29, 1.82) is 0 Å². The van der Waals surface area contributed by atoms with Crippen molar-refractivity contribution < 1.29 is 29.3 Å². The van der Waals surface area contributed by atoms with Crippen LogP contribution in [0.4, 0.5) is 20.3 Å². The van der Waals surface area contributed by atoms with Crippen LogP contribution in [0.2, 0.25) is 0 Å². The molecule has 9 heterocycles. The van der Waals surface area contributed by atoms with Crippen LogP contribution < -0.4 is 20.6 Å². The Kier molecular flexibility index (Phi) is 11.0. The normalized spacial score (nSPS) is 19.9. The zero-order chi connectivity index (χ0) is 46.2. The fourth-order valence-corrected chi connectivity index (χ4v) is 11.6. The number of rotatable bonds is 10. The monoisotopic (exact) mass is 917 g/mol. The summed E-state index contributed by atoms with van der Waals surface area (Å²) >= 11 is 0. The van der Waals surface area contributed by atoms with E-state index in [9.17, 15) is 19.2 Å². The first-order chi connectivity index (χ1) is 32.4. The number of alkyl halides is 2. The van der Waals surface area contributed by atoms with Crippen molar-refractivity contribution in [2.75, 3.05) is 57.8 Å². The third-order valence-corrected chi connectivity index (χ3v) is 14.9. The van der Waals surface area contributed by atoms with Crippen LogP contribution in [-0.4, -0.2) is 114 Å². The first-order valence-corrected chi connectivity index (χ1v) is 23.5. The number of carbonyl (C=O) groups is 3. The number of nitrogens with zero attached hydrogens (tertiary/aromatic N) is 10. The van der Waals surface area contributed by atoms with Crippen molar-refractivity contribution in [3.05, 3.63) is 93.4 Å². The van der Waals surface area contributed by atoms with Crippen LogP contribution in [0.15, 0.2) is 59.8 Å². The predicted molar refractivity (Wildman–Crippen MR) is 249 cm³/mol. The molecule has 0 saturated carbocycles. The van der Waals surface area contributed by atoms with Crippen molar-refractivity contribution >= 4 is 45.9 Å². The van der Waals surface area contributed by atoms with Gasteiger partial charge < -0.3 is 23.8 Å². The smallest absolute Gasteiger partial charge is 0.329 e. The molecule has 1 N–H and O–H groups in total. The zero-order valence-electron chi connectivity index (χ0n) is 38.1. The topological polar surface area (TPSA) is 147 Å². The van der Waals surface area contributed by atoms with Gasteiger partial charge in [0.05, 0.1) is 36.9 Å². The number of aromatic nitrogens is 6. The molecule has 0 aliphatic carbocycles. The summed E-state index contributed by atoms with van der Waals surface area (Å²) in [6.45, 7) is 8.71. The van der Waals surface area contributed by atoms with Gasteiger partial charge in [0.1, 0.15) is 17.4 Å². The van der Waals surface area contributed by atoms with Gasteiger partial charge in [-0.25, -0.2) is 18.6 Å². The Hall–Kier alpha value is -6.40. The van der Waals surface area contributed by atoms with Gasteiger partial charge in [-0.2, -0.15) is 5.10 Å². The van der Waals surface area contributed by atoms with Crippen molar-refractivity contribution in [2.45, 2.75) is 83.5 Å². The number of likely N-dealkylation sites (tertiary alicyclic amines) is 2. The summed E-state index contributed by atoms with van der Waals surface area (Å²) in [6, 6.07) is 10.7. The molecule has 6 aromatic rings. The van der Waals surface area contributed by atoms with Gasteiger partial charge in [0.25, 0.3) is 6.43 Å². The highest BCUT2D eigenvalue weighted by atomic mass is 19.3. The largest absolute Gasteiger partial charge is 0.495 e. The van der Waals surface area contributed by atoms with Gasteiger partial charge in [-0.05, 0) is 79.0 Å². The van der Waals surface area contributed by atoms with Crippen LogP contribution in [0.25, 0.3) is 27.8 Å². The third-order valence-electron chi connectivity index (χ3n) is 14.9. The van der Waals surface area contributed by atoms with E-state index in [1.807, 2.05) is 27.5 Å². The first kappa shape index (κ1) is 43.2. The van der Waals surface area contributed by atoms with Crippen LogP contribution in [-0.2, 0) is 47.4 Å². The standard InChI is InChI=1S/C49H55F2N11O5.H2/c1-29(63)58-18-13-38-37(27-58)47(60-15-5-7-31-20-34(36(46(50)51)21-41(31)60)35-22-43-52-14-19-59(43)28-42(35)67-3)54-62(38)33-11-16-56(17-12-33)23-30-24-57(25-30)26-32-6-4-8-39-45(32)55(2)49(66)61(39)40-9-10-44(64)53-48(40)65;/h4,6,8,14,19-22,28,30,33,40,46H,5,7,9-13,15-18,23-27H2,1-3H3,(H,53,64,65);1H. The number of anilines is 2. The predicted octanol–water partition coefficient (Wildman–Crippen LogP) is 5.78. The summed E-state index contributed by atoms with van der Waals surface area (Å²) in [6.07, 6.45) is 7.09. The van der Waals surface area contributed by atoms with Crippen LogP contribution in [0.1, 0.15) is 86.9 Å². The molecule has 4 aromatic heterocycles. The molecule has 5 aliphatic heterocycles. The molecule has 18 heteroatoms. The number of halogens is 2. The van der Waals surface area contributed by atoms with Crippen molar-refractivity contribution in [3.8, 4) is 16.9 Å². The van der Waals surface area contributed by atoms with Crippen molar-refractivity contribution in [1.82, 2.24) is 48.3 Å². The van der Waals surface area contributed by atoms with Crippen LogP contribution in [0, 0.1) is 5.92 Å². The lowest BCUT2D eigenvalue weighted by Crippen LogP contribution is -2.52. The fourth-order valence-electron chi connectivity index (χ4n) is 11.6. The fraction of sp³-hybridized carbons (Fsp3) is 0.469. The molecule has 3 fully saturated rings. The lowest BCUT2D eigenvalue weighted by molar-refractivity contribution is -0.135. The molecule has 2 aromatic carbocycles. The number of benzene rings is 2. The van der Waals surface area contributed by atoms with E-state index in [2.05, 4.69) is 35.7 Å². The minimum Gasteiger partial charge on any atom is -0.495 e. The maximum Gasteiger partial charge on any atom is 0.329 e. The number of methoxy groups -OCH3 is 1. The molecule has 1 atom stereocenters. The Morgan fingerprint density at radius 3 is 2.57 bits per heavy atom. The van der Waals surface area contributed by atoms with Crippen LogP contribution in [0.3, 0.4) is 0 Å². The Morgan fingerprint density at radius 1 is 0.985 bits per heavy atom. The summed E-state index contributed by atoms with van der Waals surface area (Å²) in [4.78, 5) is 64.2. The second-order valence-electron chi connectivity index (χ2n) is 19.0. The number of imide groups is 1. The first-order valence-electron chi connectivity index (χ1n) is 23.5. The van der Waals surface area contributed by atoms with E-state index in [4.69, 9.17) is 9.84 Å². The number of piperidine rings is 2. The average Bonchev–Trinajstić information content (AvgIpc) is 4.01. The number of nitrogens with one attached hydrogen (secondary N) is 1. The lowest BCUT2D eigenvalue weighted by Gasteiger charge is -2.43. The molecule has 11 rings (SSSR count). The summed E-state index contributed by atoms with van der Waals surface area (Å²) in [5, 5.41) is 7.77. The molecule has 16 nitrogen and oxygen atoms in total. The molecule has 352 valence electrons. The maximum absolute atomic E-state index is 15.2. The van der Waals surface area contributed by atoms with Gasteiger partial charge in [0.15, 0.2) is 5.82 Å². The van der Waals surface area contributed by atoms with Gasteiger partial charge in [-0.15, -0.1) is 0 Å². The molecule has 0 spiro atoms. The second-order valence-corrected chi connectivity index (χ2v) is 19.0. The molecule has 5 aliphatic rings. The third kappa shape index (κ3) is 7.57. The number of amides is 3. The number of imidazole rings is 2. The zero-order valence-corrected chi connectivity index (χ0v) is 38.1. The number of pyridine rings is 1. The highest BCUT2D eigenvalue weighted by molar-refractivity contribution is 6.00. The molecule has 3 amide bonds. The van der Waals surface area contributed by atoms with Crippen molar-refractivity contribution in [3.63, 3.8) is 0 Å². The molecule has 0 radical (unpaired) electrons. The maximum atomic E-state index is 15.2. The van der Waals surface area contributed by atoms with Gasteiger partial charge in [0, 0.05) is 121 Å². The number of hydrogen-bond donors (Lipinski definition) is 1. The Balaban J connectivity index is 0.00000539. The van der Waals surface area contributed by atoms with Crippen LogP contribution in [0.5, 0.6) is 5.75 Å². The summed E-state index contributed by atoms with van der Waals surface area (Å²) in [5.41, 5.74) is 7.70. The Bertz CT molecular complexity index is 3020. The highest BCUT2D eigenvalue weighted by Gasteiger charge is 2.37. The van der Waals surface area contributed by atoms with Crippen molar-refractivity contribution in [2.24, 2.45) is 13.0 Å². The van der Waals surface area contributed by atoms with Crippen LogP contribution >= 0.6 is 0 Å². The molecule has 0 bridgehead atoms. The highest BCUT2D eigenvalue weighted by Crippen LogP contribution is 2.45. The number of hydrogen-bond acceptors (Lipinski definition) is 10. The quantitative estimate of drug-likeness (QED) is 0.168. The summed E-state index contributed by atoms with van der Waals surface area (Å²) < 4.78 is 43.3. The van der Waals surface area contributed by atoms with E-state index in [0.29, 0.717) is 73.0 Å². The molecular formula is C49H57F2N11O5. The van der Waals surface area contributed by atoms with E-state index in [1.54, 1.807) is 60.9 Å². The molecule has 67 heavy (non-hydrogen) atoms. The Labute approximate surface area is 387 Å². The number of fused-ring (bicyclic) bond motifs is 4. The number of aryl methyl sites for hydroxylation is 2. The number of carbonyl (C=O) groups excluding carboxylic acids is 3. The minimum atomic E-state index is -2.74. The van der Waals surface area contributed by atoms with E-state index >= 15 is 8.78 Å². The van der Waals surface area contributed by atoms with E-state index in [-0.39, 0.29) is 37.0 Å². The molecule has 1 unspecified atom stereocenters. The van der Waals surface area contributed by atoms with Gasteiger partial charge >= 0.3 is 5.69 Å². The Morgan fingerprint density at radius 2 is 1.81 bits per heavy atom. The summed E-state index contributed by atoms with van der Waals surface area (Å²) in [5.74, 6) is 1.02. The van der Waals surface area contributed by atoms with E-state index < -0.39 is 18.4 Å². The minimum absolute atomic E-state index is 0. The van der Waals surface area contributed by atoms with E-state index in [0.717, 1.165) is 97.8 Å². The molecule has 3 saturated heterocycles. The SMILES string of the molecule is COc1cn2ccnc2cc1-c1cc2c(cc1C(F)F)N(c1nn(C3CCN(CC4CN(Cc5cccc6c5n(C)c(=O)n6C5CCC(=O)NC5=O)C4)CC3)c3c1CN(C(C)=O)CC3)CCC2.[HH]. The second kappa shape index (κ2) is 17.0. The van der Waals surface area contributed by atoms with Gasteiger partial charge in [-0.1, -0.05) is 12.1 Å². The average molecular weight is 918 g/mol. The van der Waals surface area contributed by atoms with E-state index in [1.165, 1.54) is 0 Å². The summed E-state index contributed by atoms with van der Waals surface area (Å²) in [7, 11) is 3.29. The number of ether oxygens (including phenoxy) is 1. The molecular weight excluding hydrogens is 861 g/mol. The number of para-hydroxylation sites is 1. The van der Waals surface area contributed by atoms with Gasteiger partial charge in [-0.3, -0.25) is 38.4 Å². The lowest BCUT2D eigenvalue weighted by atomic mass is 9.91.